The summed E-state index contributed by atoms with van der Waals surface area (Å²) in [6, 6.07) is 5.51. The lowest BCUT2D eigenvalue weighted by molar-refractivity contribution is -0.146. The Morgan fingerprint density at radius 2 is 2.00 bits per heavy atom. The highest BCUT2D eigenvalue weighted by atomic mass is 79.9. The molecule has 1 heterocycles. The van der Waals surface area contributed by atoms with Gasteiger partial charge in [-0.05, 0) is 36.6 Å². The molecule has 0 bridgehead atoms. The number of fused-ring (bicyclic) bond motifs is 1. The molecule has 4 radical (unpaired) electrons. The molecule has 3 aromatic rings. The lowest BCUT2D eigenvalue weighted by Gasteiger charge is -2.46. The van der Waals surface area contributed by atoms with Crippen LogP contribution in [0.4, 0.5) is 20.2 Å². The molecule has 3 N–H and O–H groups in total. The van der Waals surface area contributed by atoms with E-state index >= 15 is 4.39 Å². The molecule has 0 spiro atoms. The van der Waals surface area contributed by atoms with Crippen molar-refractivity contribution < 1.29 is 23.5 Å². The summed E-state index contributed by atoms with van der Waals surface area (Å²) >= 11 is 3.17. The highest BCUT2D eigenvalue weighted by Gasteiger charge is 2.46. The lowest BCUT2D eigenvalue weighted by atomic mass is 9.51. The van der Waals surface area contributed by atoms with Gasteiger partial charge in [0.05, 0.1) is 34.4 Å². The molecule has 7 nitrogen and oxygen atoms in total. The number of carbonyl (C=O) groups excluding carboxylic acids is 1. The molecule has 2 unspecified atom stereocenters. The first kappa shape index (κ1) is 27.2. The number of imidazole rings is 1. The van der Waals surface area contributed by atoms with Crippen molar-refractivity contribution in [3.63, 3.8) is 0 Å². The van der Waals surface area contributed by atoms with E-state index in [0.29, 0.717) is 16.4 Å². The summed E-state index contributed by atoms with van der Waals surface area (Å²) in [5.41, 5.74) is 0.126. The first-order chi connectivity index (χ1) is 16.4. The number of nitrogens with zero attached hydrogens (tertiary/aromatic N) is 2. The van der Waals surface area contributed by atoms with Gasteiger partial charge in [0.15, 0.2) is 5.82 Å². The Kier molecular flexibility index (Phi) is 7.98. The number of hydroxylamine groups is 1. The second kappa shape index (κ2) is 10.3. The Morgan fingerprint density at radius 1 is 1.31 bits per heavy atom. The van der Waals surface area contributed by atoms with E-state index in [1.54, 1.807) is 27.0 Å². The second-order valence-electron chi connectivity index (χ2n) is 8.50. The summed E-state index contributed by atoms with van der Waals surface area (Å²) in [5.74, 6) is -2.82. The number of anilines is 2. The van der Waals surface area contributed by atoms with Gasteiger partial charge in [0.25, 0.3) is 5.91 Å². The van der Waals surface area contributed by atoms with E-state index in [9.17, 15) is 14.3 Å². The van der Waals surface area contributed by atoms with Gasteiger partial charge in [-0.25, -0.2) is 19.2 Å². The molecule has 35 heavy (non-hydrogen) atoms. The molecule has 3 rings (SSSR count). The molecule has 12 heteroatoms. The van der Waals surface area contributed by atoms with Crippen molar-refractivity contribution in [1.29, 1.82) is 0 Å². The van der Waals surface area contributed by atoms with Crippen LogP contribution in [-0.4, -0.2) is 47.3 Å². The van der Waals surface area contributed by atoms with Crippen LogP contribution in [0.1, 0.15) is 44.0 Å². The van der Waals surface area contributed by atoms with Gasteiger partial charge < -0.3 is 15.0 Å². The molecule has 1 amide bonds. The summed E-state index contributed by atoms with van der Waals surface area (Å²) < 4.78 is 32.0. The van der Waals surface area contributed by atoms with Crippen molar-refractivity contribution in [1.82, 2.24) is 15.0 Å². The number of hydrogen-bond acceptors (Lipinski definition) is 5. The van der Waals surface area contributed by atoms with Crippen LogP contribution < -0.4 is 10.8 Å². The van der Waals surface area contributed by atoms with Gasteiger partial charge in [-0.2, -0.15) is 0 Å². The van der Waals surface area contributed by atoms with Crippen molar-refractivity contribution in [2.75, 3.05) is 5.32 Å². The molecule has 2 aromatic carbocycles. The predicted molar refractivity (Wildman–Crippen MR) is 136 cm³/mol. The normalized spacial score (nSPS) is 14.5. The lowest BCUT2D eigenvalue weighted by Crippen LogP contribution is -2.62. The van der Waals surface area contributed by atoms with Crippen molar-refractivity contribution in [2.24, 2.45) is 13.0 Å². The summed E-state index contributed by atoms with van der Waals surface area (Å²) in [7, 11) is 13.8. The summed E-state index contributed by atoms with van der Waals surface area (Å²) in [5, 5.41) is 11.5. The predicted octanol–water partition coefficient (Wildman–Crippen LogP) is 4.20. The summed E-state index contributed by atoms with van der Waals surface area (Å²) in [6.45, 7) is 5.29. The number of aryl methyl sites for hydroxylation is 1. The highest BCUT2D eigenvalue weighted by Crippen LogP contribution is 2.35. The zero-order chi connectivity index (χ0) is 26.1. The molecular weight excluding hydrogens is 520 g/mol. The molecular formula is C23H25B2BrF2N4O3. The molecule has 0 aliphatic rings. The van der Waals surface area contributed by atoms with Crippen LogP contribution >= 0.6 is 15.9 Å². The van der Waals surface area contributed by atoms with E-state index < -0.39 is 28.5 Å². The van der Waals surface area contributed by atoms with Crippen molar-refractivity contribution in [2.45, 2.75) is 44.6 Å². The molecule has 1 aromatic heterocycles. The maximum absolute atomic E-state index is 15.5. The van der Waals surface area contributed by atoms with Gasteiger partial charge >= 0.3 is 0 Å². The van der Waals surface area contributed by atoms with E-state index in [4.69, 9.17) is 20.5 Å². The largest absolute Gasteiger partial charge is 0.388 e. The molecule has 2 atom stereocenters. The number of aliphatic hydroxyl groups is 1. The first-order valence-corrected chi connectivity index (χ1v) is 11.8. The number of amides is 1. The Hall–Kier alpha value is -2.43. The molecule has 182 valence electrons. The smallest absolute Gasteiger partial charge is 0.277 e. The average Bonchev–Trinajstić information content (AvgIpc) is 3.20. The van der Waals surface area contributed by atoms with Gasteiger partial charge in [0.2, 0.25) is 0 Å². The van der Waals surface area contributed by atoms with E-state index in [1.807, 2.05) is 6.92 Å². The fraction of sp³-hybridized carbons (Fsp3) is 0.391. The number of rotatable bonds is 9. The first-order valence-electron chi connectivity index (χ1n) is 11.0. The van der Waals surface area contributed by atoms with Gasteiger partial charge in [-0.3, -0.25) is 9.63 Å². The monoisotopic (exact) mass is 544 g/mol. The third-order valence-electron chi connectivity index (χ3n) is 6.35. The fourth-order valence-corrected chi connectivity index (χ4v) is 4.21. The number of benzene rings is 2. The van der Waals surface area contributed by atoms with E-state index in [-0.39, 0.29) is 34.8 Å². The van der Waals surface area contributed by atoms with Gasteiger partial charge in [-0.15, -0.1) is 0 Å². The SMILES string of the molecule is [B]C([B])(ONC(=O)c1cc2c(ncn2C)c(F)c1Nc1ccc(Br)cc1F)C(O)(CC)C(C)CC. The minimum atomic E-state index is -2.16. The van der Waals surface area contributed by atoms with E-state index in [0.717, 1.165) is 0 Å². The summed E-state index contributed by atoms with van der Waals surface area (Å²) in [4.78, 5) is 22.5. The van der Waals surface area contributed by atoms with Crippen LogP contribution in [0, 0.1) is 17.6 Å². The van der Waals surface area contributed by atoms with Gasteiger partial charge in [-0.1, -0.05) is 43.1 Å². The van der Waals surface area contributed by atoms with Crippen LogP contribution in [0.3, 0.4) is 0 Å². The van der Waals surface area contributed by atoms with Crippen molar-refractivity contribution in [3.8, 4) is 0 Å². The number of hydrogen-bond donors (Lipinski definition) is 3. The quantitative estimate of drug-likeness (QED) is 0.278. The van der Waals surface area contributed by atoms with E-state index in [2.05, 4.69) is 31.7 Å². The second-order valence-corrected chi connectivity index (χ2v) is 9.41. The molecule has 0 saturated carbocycles. The third kappa shape index (κ3) is 5.10. The standard InChI is InChI=1S/C23H25B2BrF2N4O3/c1-5-12(3)22(34,6-2)23(24,25)35-31-21(33)14-10-17-20(29-11-32(17)4)18(28)19(14)30-16-8-7-13(26)9-15(16)27/h7-12,30,34H,5-6H2,1-4H3,(H,31,33). The van der Waals surface area contributed by atoms with Gasteiger partial charge in [0.1, 0.15) is 27.0 Å². The summed E-state index contributed by atoms with van der Waals surface area (Å²) in [6.07, 6.45) is 2.08. The molecule has 0 fully saturated rings. The van der Waals surface area contributed by atoms with Crippen LogP contribution in [0.5, 0.6) is 0 Å². The number of halogens is 3. The Labute approximate surface area is 213 Å². The fourth-order valence-electron chi connectivity index (χ4n) is 3.87. The highest BCUT2D eigenvalue weighted by molar-refractivity contribution is 9.10. The molecule has 0 aliphatic carbocycles. The van der Waals surface area contributed by atoms with Crippen LogP contribution in [0.25, 0.3) is 11.0 Å². The van der Waals surface area contributed by atoms with Crippen LogP contribution in [0.2, 0.25) is 0 Å². The topological polar surface area (TPSA) is 88.4 Å². The minimum absolute atomic E-state index is 0.0193. The minimum Gasteiger partial charge on any atom is -0.388 e. The number of aromatic nitrogens is 2. The zero-order valence-electron chi connectivity index (χ0n) is 19.8. The van der Waals surface area contributed by atoms with Crippen molar-refractivity contribution in [3.05, 3.63) is 52.3 Å². The Balaban J connectivity index is 2.01. The Morgan fingerprint density at radius 3 is 2.60 bits per heavy atom. The maximum atomic E-state index is 15.5. The number of carbonyl (C=O) groups is 1. The van der Waals surface area contributed by atoms with Crippen molar-refractivity contribution >= 4 is 59.9 Å². The van der Waals surface area contributed by atoms with Crippen LogP contribution in [-0.2, 0) is 11.9 Å². The van der Waals surface area contributed by atoms with Gasteiger partial charge in [0, 0.05) is 16.9 Å². The zero-order valence-corrected chi connectivity index (χ0v) is 21.4. The number of nitrogens with one attached hydrogen (secondary N) is 2. The van der Waals surface area contributed by atoms with E-state index in [1.165, 1.54) is 29.1 Å². The molecule has 0 aliphatic heterocycles. The molecule has 0 saturated heterocycles. The average molecular weight is 545 g/mol. The van der Waals surface area contributed by atoms with Crippen LogP contribution in [0.15, 0.2) is 35.1 Å². The third-order valence-corrected chi connectivity index (χ3v) is 6.84. The maximum Gasteiger partial charge on any atom is 0.277 e. The Bertz CT molecular complexity index is 1260.